The van der Waals surface area contributed by atoms with Crippen LogP contribution in [0.2, 0.25) is 0 Å². The van der Waals surface area contributed by atoms with Crippen molar-refractivity contribution in [2.75, 3.05) is 12.1 Å². The number of anilines is 1. The number of nitrogens with one attached hydrogen (secondary N) is 2. The Morgan fingerprint density at radius 2 is 1.72 bits per heavy atom. The molecule has 3 rings (SSSR count). The first-order chi connectivity index (χ1) is 12.0. The lowest BCUT2D eigenvalue weighted by Crippen LogP contribution is -2.35. The Morgan fingerprint density at radius 3 is 2.52 bits per heavy atom. The molecule has 0 aliphatic carbocycles. The summed E-state index contributed by atoms with van der Waals surface area (Å²) < 4.78 is 49.7. The van der Waals surface area contributed by atoms with Gasteiger partial charge < -0.3 is 20.1 Å². The van der Waals surface area contributed by atoms with Crippen LogP contribution in [0.25, 0.3) is 0 Å². The molecule has 1 heterocycles. The third-order valence-electron chi connectivity index (χ3n) is 3.38. The summed E-state index contributed by atoms with van der Waals surface area (Å²) in [6.07, 6.45) is 0. The standard InChI is InChI=1S/C16H11F3N2O4/c17-9-2-3-10(14(19)13(9)18)21-16(23)15(22)20-6-8-1-4-11-12(5-8)25-7-24-11/h1-5H,6-7H2,(H,20,22)(H,21,23). The molecule has 0 unspecified atom stereocenters. The maximum absolute atomic E-state index is 13.5. The number of fused-ring (bicyclic) bond motifs is 1. The molecule has 2 amide bonds. The van der Waals surface area contributed by atoms with Gasteiger partial charge in [-0.15, -0.1) is 0 Å². The summed E-state index contributed by atoms with van der Waals surface area (Å²) in [5, 5.41) is 4.20. The van der Waals surface area contributed by atoms with Crippen LogP contribution in [-0.4, -0.2) is 18.6 Å². The van der Waals surface area contributed by atoms with E-state index < -0.39 is 35.0 Å². The van der Waals surface area contributed by atoms with Gasteiger partial charge in [0, 0.05) is 6.54 Å². The molecule has 0 saturated heterocycles. The minimum absolute atomic E-state index is 0.00313. The SMILES string of the molecule is O=C(NCc1ccc2c(c1)OCO2)C(=O)Nc1ccc(F)c(F)c1F. The summed E-state index contributed by atoms with van der Waals surface area (Å²) in [6, 6.07) is 6.41. The lowest BCUT2D eigenvalue weighted by atomic mass is 10.2. The van der Waals surface area contributed by atoms with Crippen molar-refractivity contribution in [3.8, 4) is 11.5 Å². The Balaban J connectivity index is 1.60. The fraction of sp³-hybridized carbons (Fsp3) is 0.125. The van der Waals surface area contributed by atoms with Crippen LogP contribution < -0.4 is 20.1 Å². The molecule has 25 heavy (non-hydrogen) atoms. The van der Waals surface area contributed by atoms with Gasteiger partial charge in [0.1, 0.15) is 0 Å². The highest BCUT2D eigenvalue weighted by Gasteiger charge is 2.19. The first-order valence-electron chi connectivity index (χ1n) is 7.07. The van der Waals surface area contributed by atoms with Gasteiger partial charge in [0.2, 0.25) is 6.79 Å². The number of carbonyl (C=O) groups excluding carboxylic acids is 2. The van der Waals surface area contributed by atoms with E-state index in [0.717, 1.165) is 6.07 Å². The van der Waals surface area contributed by atoms with Gasteiger partial charge in [0.25, 0.3) is 0 Å². The van der Waals surface area contributed by atoms with Crippen LogP contribution in [0, 0.1) is 17.5 Å². The van der Waals surface area contributed by atoms with E-state index in [1.54, 1.807) is 18.2 Å². The monoisotopic (exact) mass is 352 g/mol. The largest absolute Gasteiger partial charge is 0.454 e. The van der Waals surface area contributed by atoms with Crippen molar-refractivity contribution in [2.24, 2.45) is 0 Å². The maximum Gasteiger partial charge on any atom is 0.313 e. The minimum atomic E-state index is -1.74. The third-order valence-corrected chi connectivity index (χ3v) is 3.38. The summed E-state index contributed by atoms with van der Waals surface area (Å²) >= 11 is 0. The molecule has 0 atom stereocenters. The molecule has 1 aliphatic rings. The van der Waals surface area contributed by atoms with Gasteiger partial charge >= 0.3 is 11.8 Å². The first-order valence-corrected chi connectivity index (χ1v) is 7.07. The molecule has 0 bridgehead atoms. The molecular formula is C16H11F3N2O4. The molecule has 2 N–H and O–H groups in total. The number of hydrogen-bond acceptors (Lipinski definition) is 4. The Bertz CT molecular complexity index is 858. The topological polar surface area (TPSA) is 76.7 Å². The number of halogens is 3. The van der Waals surface area contributed by atoms with E-state index in [4.69, 9.17) is 9.47 Å². The van der Waals surface area contributed by atoms with Gasteiger partial charge in [-0.25, -0.2) is 13.2 Å². The average Bonchev–Trinajstić information content (AvgIpc) is 3.07. The smallest absolute Gasteiger partial charge is 0.313 e. The number of carbonyl (C=O) groups is 2. The molecular weight excluding hydrogens is 341 g/mol. The van der Waals surface area contributed by atoms with Crippen LogP contribution in [-0.2, 0) is 16.1 Å². The van der Waals surface area contributed by atoms with Gasteiger partial charge in [0.15, 0.2) is 29.0 Å². The van der Waals surface area contributed by atoms with Gasteiger partial charge in [-0.2, -0.15) is 0 Å². The third kappa shape index (κ3) is 3.49. The highest BCUT2D eigenvalue weighted by Crippen LogP contribution is 2.32. The summed E-state index contributed by atoms with van der Waals surface area (Å²) in [6.45, 7) is 0.108. The van der Waals surface area contributed by atoms with E-state index in [-0.39, 0.29) is 13.3 Å². The van der Waals surface area contributed by atoms with Crippen LogP contribution in [0.1, 0.15) is 5.56 Å². The molecule has 0 spiro atoms. The Morgan fingerprint density at radius 1 is 0.960 bits per heavy atom. The second-order valence-electron chi connectivity index (χ2n) is 5.05. The average molecular weight is 352 g/mol. The molecule has 2 aromatic carbocycles. The van der Waals surface area contributed by atoms with E-state index in [1.807, 2.05) is 5.32 Å². The van der Waals surface area contributed by atoms with Crippen molar-refractivity contribution in [1.29, 1.82) is 0 Å². The predicted octanol–water partition coefficient (Wildman–Crippen LogP) is 2.09. The molecule has 130 valence electrons. The number of hydrogen-bond donors (Lipinski definition) is 2. The second-order valence-corrected chi connectivity index (χ2v) is 5.05. The molecule has 0 radical (unpaired) electrons. The van der Waals surface area contributed by atoms with E-state index >= 15 is 0 Å². The number of ether oxygens (including phenoxy) is 2. The fourth-order valence-corrected chi connectivity index (χ4v) is 2.12. The molecule has 0 saturated carbocycles. The number of rotatable bonds is 3. The Hall–Kier alpha value is -3.23. The summed E-state index contributed by atoms with van der Waals surface area (Å²) in [4.78, 5) is 23.5. The first kappa shape index (κ1) is 16.6. The number of benzene rings is 2. The molecule has 6 nitrogen and oxygen atoms in total. The molecule has 0 aromatic heterocycles. The molecule has 2 aromatic rings. The van der Waals surface area contributed by atoms with Crippen molar-refractivity contribution in [3.05, 3.63) is 53.3 Å². The van der Waals surface area contributed by atoms with E-state index in [9.17, 15) is 22.8 Å². The molecule has 1 aliphatic heterocycles. The highest BCUT2D eigenvalue weighted by molar-refractivity contribution is 6.39. The van der Waals surface area contributed by atoms with Gasteiger partial charge in [-0.3, -0.25) is 9.59 Å². The zero-order valence-corrected chi connectivity index (χ0v) is 12.6. The zero-order valence-electron chi connectivity index (χ0n) is 12.6. The van der Waals surface area contributed by atoms with Crippen LogP contribution in [0.4, 0.5) is 18.9 Å². The van der Waals surface area contributed by atoms with Crippen LogP contribution in [0.3, 0.4) is 0 Å². The summed E-state index contributed by atoms with van der Waals surface area (Å²) in [7, 11) is 0. The zero-order chi connectivity index (χ0) is 18.0. The number of amides is 2. The summed E-state index contributed by atoms with van der Waals surface area (Å²) in [5.41, 5.74) is 0.00605. The molecule has 0 fully saturated rings. The fourth-order valence-electron chi connectivity index (χ4n) is 2.12. The van der Waals surface area contributed by atoms with Gasteiger partial charge in [-0.1, -0.05) is 6.07 Å². The second kappa shape index (κ2) is 6.71. The van der Waals surface area contributed by atoms with Crippen LogP contribution >= 0.6 is 0 Å². The van der Waals surface area contributed by atoms with Crippen molar-refractivity contribution >= 4 is 17.5 Å². The Labute approximate surface area is 139 Å². The van der Waals surface area contributed by atoms with Crippen molar-refractivity contribution < 1.29 is 32.2 Å². The van der Waals surface area contributed by atoms with Gasteiger partial charge in [0.05, 0.1) is 5.69 Å². The molecule has 9 heteroatoms. The highest BCUT2D eigenvalue weighted by atomic mass is 19.2. The van der Waals surface area contributed by atoms with Crippen molar-refractivity contribution in [3.63, 3.8) is 0 Å². The van der Waals surface area contributed by atoms with E-state index in [1.165, 1.54) is 0 Å². The quantitative estimate of drug-likeness (QED) is 0.655. The Kier molecular flexibility index (Phi) is 4.46. The maximum atomic E-state index is 13.5. The van der Waals surface area contributed by atoms with Crippen LogP contribution in [0.5, 0.6) is 11.5 Å². The van der Waals surface area contributed by atoms with Crippen LogP contribution in [0.15, 0.2) is 30.3 Å². The minimum Gasteiger partial charge on any atom is -0.454 e. The normalized spacial score (nSPS) is 12.0. The van der Waals surface area contributed by atoms with Crippen molar-refractivity contribution in [1.82, 2.24) is 5.32 Å². The lowest BCUT2D eigenvalue weighted by Gasteiger charge is -2.08. The van der Waals surface area contributed by atoms with Crippen molar-refractivity contribution in [2.45, 2.75) is 6.54 Å². The lowest BCUT2D eigenvalue weighted by molar-refractivity contribution is -0.136. The van der Waals surface area contributed by atoms with Gasteiger partial charge in [-0.05, 0) is 29.8 Å². The predicted molar refractivity (Wildman–Crippen MR) is 79.4 cm³/mol. The van der Waals surface area contributed by atoms with E-state index in [0.29, 0.717) is 23.1 Å². The summed E-state index contributed by atoms with van der Waals surface area (Å²) in [5.74, 6) is -5.92. The van der Waals surface area contributed by atoms with E-state index in [2.05, 4.69) is 5.32 Å².